The molecule has 0 fully saturated rings. The van der Waals surface area contributed by atoms with Crippen molar-refractivity contribution in [3.63, 3.8) is 0 Å². The van der Waals surface area contributed by atoms with Crippen molar-refractivity contribution in [1.29, 1.82) is 0 Å². The fourth-order valence-corrected chi connectivity index (χ4v) is 2.24. The van der Waals surface area contributed by atoms with E-state index < -0.39 is 22.8 Å². The van der Waals surface area contributed by atoms with E-state index in [1.165, 1.54) is 12.1 Å². The molecule has 2 aromatic carbocycles. The van der Waals surface area contributed by atoms with E-state index in [1.54, 1.807) is 43.3 Å². The lowest BCUT2D eigenvalue weighted by Gasteiger charge is -2.12. The van der Waals surface area contributed by atoms with Gasteiger partial charge in [0.2, 0.25) is 5.91 Å². The fraction of sp³-hybridized carbons (Fsp3) is 0.222. The number of nitrogens with zero attached hydrogens (tertiary/aromatic N) is 1. The van der Waals surface area contributed by atoms with Crippen LogP contribution in [0.5, 0.6) is 0 Å². The normalized spacial score (nSPS) is 11.5. The van der Waals surface area contributed by atoms with Crippen molar-refractivity contribution in [2.45, 2.75) is 19.4 Å². The molecule has 8 nitrogen and oxygen atoms in total. The number of esters is 1. The summed E-state index contributed by atoms with van der Waals surface area (Å²) >= 11 is 0. The Balaban J connectivity index is 1.94. The molecule has 1 amide bonds. The summed E-state index contributed by atoms with van der Waals surface area (Å²) in [6.45, 7) is 2.01. The Hall–Kier alpha value is -3.26. The van der Waals surface area contributed by atoms with Crippen LogP contribution >= 0.6 is 0 Å². The largest absolute Gasteiger partial charge is 0.462 e. The first kappa shape index (κ1) is 19.1. The van der Waals surface area contributed by atoms with Gasteiger partial charge in [0.1, 0.15) is 0 Å². The average Bonchev–Trinajstić information content (AvgIpc) is 2.63. The number of hydrogen-bond acceptors (Lipinski definition) is 6. The second-order valence-electron chi connectivity index (χ2n) is 5.52. The highest BCUT2D eigenvalue weighted by Crippen LogP contribution is 2.14. The molecule has 26 heavy (non-hydrogen) atoms. The molecule has 1 atom stereocenters. The summed E-state index contributed by atoms with van der Waals surface area (Å²) < 4.78 is 4.89. The number of nitro groups is 1. The summed E-state index contributed by atoms with van der Waals surface area (Å²) in [4.78, 5) is 33.9. The van der Waals surface area contributed by atoms with Gasteiger partial charge in [-0.3, -0.25) is 14.9 Å². The number of hydrogen-bond donors (Lipinski definition) is 2. The molecule has 0 spiro atoms. The van der Waals surface area contributed by atoms with Gasteiger partial charge in [-0.15, -0.1) is 0 Å². The predicted molar refractivity (Wildman–Crippen MR) is 95.8 cm³/mol. The monoisotopic (exact) mass is 357 g/mol. The third-order valence-electron chi connectivity index (χ3n) is 3.60. The zero-order chi connectivity index (χ0) is 19.1. The topological polar surface area (TPSA) is 125 Å². The van der Waals surface area contributed by atoms with E-state index in [9.17, 15) is 19.7 Å². The number of carbonyl (C=O) groups is 2. The van der Waals surface area contributed by atoms with Gasteiger partial charge in [0.05, 0.1) is 23.1 Å². The molecule has 0 saturated carbocycles. The lowest BCUT2D eigenvalue weighted by Crippen LogP contribution is -2.37. The SMILES string of the molecule is CCOC(=O)c1ccc(NC(=O)[C@@H](N)Cc2ccc([N+](=O)[O-])cc2)cc1. The van der Waals surface area contributed by atoms with Gasteiger partial charge in [-0.2, -0.15) is 0 Å². The minimum absolute atomic E-state index is 0.0199. The zero-order valence-corrected chi connectivity index (χ0v) is 14.2. The second-order valence-corrected chi connectivity index (χ2v) is 5.52. The summed E-state index contributed by atoms with van der Waals surface area (Å²) in [6.07, 6.45) is 0.241. The van der Waals surface area contributed by atoms with E-state index in [0.717, 1.165) is 5.56 Å². The van der Waals surface area contributed by atoms with Crippen LogP contribution in [0.4, 0.5) is 11.4 Å². The standard InChI is InChI=1S/C18H19N3O5/c1-2-26-18(23)13-5-7-14(8-6-13)20-17(22)16(19)11-12-3-9-15(10-4-12)21(24)25/h3-10,16H,2,11,19H2,1H3,(H,20,22)/t16-/m0/s1. The van der Waals surface area contributed by atoms with Crippen molar-refractivity contribution in [3.8, 4) is 0 Å². The maximum Gasteiger partial charge on any atom is 0.338 e. The number of carbonyl (C=O) groups excluding carboxylic acids is 2. The molecule has 136 valence electrons. The van der Waals surface area contributed by atoms with Crippen molar-refractivity contribution >= 4 is 23.3 Å². The van der Waals surface area contributed by atoms with Crippen LogP contribution < -0.4 is 11.1 Å². The van der Waals surface area contributed by atoms with E-state index in [1.807, 2.05) is 0 Å². The molecule has 0 aromatic heterocycles. The van der Waals surface area contributed by atoms with Gasteiger partial charge in [-0.05, 0) is 43.2 Å². The third kappa shape index (κ3) is 5.12. The smallest absolute Gasteiger partial charge is 0.338 e. The molecule has 0 saturated heterocycles. The van der Waals surface area contributed by atoms with Gasteiger partial charge in [0, 0.05) is 17.8 Å². The molecule has 8 heteroatoms. The number of nitrogens with two attached hydrogens (primary N) is 1. The molecule has 2 rings (SSSR count). The van der Waals surface area contributed by atoms with E-state index in [2.05, 4.69) is 5.32 Å². The van der Waals surface area contributed by atoms with Crippen molar-refractivity contribution < 1.29 is 19.2 Å². The molecular formula is C18H19N3O5. The van der Waals surface area contributed by atoms with E-state index >= 15 is 0 Å². The second kappa shape index (κ2) is 8.72. The maximum atomic E-state index is 12.2. The Labute approximate surface area is 150 Å². The lowest BCUT2D eigenvalue weighted by atomic mass is 10.1. The van der Waals surface area contributed by atoms with Gasteiger partial charge in [-0.1, -0.05) is 12.1 Å². The molecule has 0 heterocycles. The van der Waals surface area contributed by atoms with Crippen molar-refractivity contribution in [3.05, 3.63) is 69.8 Å². The lowest BCUT2D eigenvalue weighted by molar-refractivity contribution is -0.384. The van der Waals surface area contributed by atoms with Crippen LogP contribution in [0.1, 0.15) is 22.8 Å². The summed E-state index contributed by atoms with van der Waals surface area (Å²) in [5, 5.41) is 13.3. The van der Waals surface area contributed by atoms with Crippen LogP contribution in [0.3, 0.4) is 0 Å². The highest BCUT2D eigenvalue weighted by atomic mass is 16.6. The first-order chi connectivity index (χ1) is 12.4. The molecule has 0 radical (unpaired) electrons. The van der Waals surface area contributed by atoms with Crippen molar-refractivity contribution in [2.75, 3.05) is 11.9 Å². The van der Waals surface area contributed by atoms with Crippen LogP contribution in [-0.4, -0.2) is 29.4 Å². The van der Waals surface area contributed by atoms with Gasteiger partial charge >= 0.3 is 5.97 Å². The van der Waals surface area contributed by atoms with Gasteiger partial charge in [0.25, 0.3) is 5.69 Å². The number of benzene rings is 2. The Morgan fingerprint density at radius 3 is 2.31 bits per heavy atom. The average molecular weight is 357 g/mol. The molecule has 0 bridgehead atoms. The van der Waals surface area contributed by atoms with E-state index in [-0.39, 0.29) is 18.7 Å². The van der Waals surface area contributed by atoms with Crippen LogP contribution in [0.25, 0.3) is 0 Å². The summed E-state index contributed by atoms with van der Waals surface area (Å²) in [5.41, 5.74) is 7.48. The highest BCUT2D eigenvalue weighted by molar-refractivity contribution is 5.95. The first-order valence-electron chi connectivity index (χ1n) is 7.97. The first-order valence-corrected chi connectivity index (χ1v) is 7.97. The highest BCUT2D eigenvalue weighted by Gasteiger charge is 2.15. The maximum absolute atomic E-state index is 12.2. The van der Waals surface area contributed by atoms with Gasteiger partial charge < -0.3 is 15.8 Å². The number of nitrogens with one attached hydrogen (secondary N) is 1. The Kier molecular flexibility index (Phi) is 6.40. The van der Waals surface area contributed by atoms with Gasteiger partial charge in [0.15, 0.2) is 0 Å². The van der Waals surface area contributed by atoms with E-state index in [4.69, 9.17) is 10.5 Å². The molecule has 0 aliphatic heterocycles. The number of ether oxygens (including phenoxy) is 1. The zero-order valence-electron chi connectivity index (χ0n) is 14.2. The van der Waals surface area contributed by atoms with E-state index in [0.29, 0.717) is 11.3 Å². The molecular weight excluding hydrogens is 338 g/mol. The Morgan fingerprint density at radius 1 is 1.15 bits per heavy atom. The Morgan fingerprint density at radius 2 is 1.77 bits per heavy atom. The van der Waals surface area contributed by atoms with Crippen LogP contribution in [0.15, 0.2) is 48.5 Å². The number of nitro benzene ring substituents is 1. The van der Waals surface area contributed by atoms with Crippen molar-refractivity contribution in [1.82, 2.24) is 0 Å². The van der Waals surface area contributed by atoms with Crippen molar-refractivity contribution in [2.24, 2.45) is 5.73 Å². The Bertz CT molecular complexity index is 787. The number of rotatable bonds is 7. The van der Waals surface area contributed by atoms with Gasteiger partial charge in [-0.25, -0.2) is 4.79 Å². The predicted octanol–water partition coefficient (Wildman–Crippen LogP) is 2.28. The molecule has 0 unspecified atom stereocenters. The van der Waals surface area contributed by atoms with Crippen LogP contribution in [0.2, 0.25) is 0 Å². The molecule has 3 N–H and O–H groups in total. The number of non-ortho nitro benzene ring substituents is 1. The quantitative estimate of drug-likeness (QED) is 0.445. The minimum atomic E-state index is -0.818. The third-order valence-corrected chi connectivity index (χ3v) is 3.60. The number of amides is 1. The summed E-state index contributed by atoms with van der Waals surface area (Å²) in [7, 11) is 0. The summed E-state index contributed by atoms with van der Waals surface area (Å²) in [5.74, 6) is -0.826. The fourth-order valence-electron chi connectivity index (χ4n) is 2.24. The van der Waals surface area contributed by atoms with Crippen LogP contribution in [0, 0.1) is 10.1 Å². The molecule has 0 aliphatic carbocycles. The summed E-state index contributed by atoms with van der Waals surface area (Å²) in [6, 6.07) is 11.3. The molecule has 0 aliphatic rings. The minimum Gasteiger partial charge on any atom is -0.462 e. The van der Waals surface area contributed by atoms with Crippen LogP contribution in [-0.2, 0) is 16.0 Å². The number of anilines is 1. The molecule has 2 aromatic rings.